The third kappa shape index (κ3) is 2.93. The molecule has 2 fully saturated rings. The summed E-state index contributed by atoms with van der Waals surface area (Å²) in [6.45, 7) is 2.79. The smallest absolute Gasteiger partial charge is 0.166 e. The van der Waals surface area contributed by atoms with Gasteiger partial charge in [0.25, 0.3) is 0 Å². The molecule has 2 bridgehead atoms. The van der Waals surface area contributed by atoms with E-state index in [1.54, 1.807) is 6.07 Å². The minimum Gasteiger partial charge on any atom is -0.504 e. The fourth-order valence-electron chi connectivity index (χ4n) is 8.74. The molecule has 3 aromatic carbocycles. The number of ether oxygens (including phenoxy) is 1. The molecular weight excluding hydrogens is 508 g/mol. The molecule has 2 aliphatic heterocycles. The summed E-state index contributed by atoms with van der Waals surface area (Å²) in [7, 11) is 0. The molecule has 1 saturated heterocycles. The number of phenolic OH excluding ortho intramolecular Hbond substituents is 1. The largest absolute Gasteiger partial charge is 0.504 e. The zero-order valence-corrected chi connectivity index (χ0v) is 22.7. The van der Waals surface area contributed by atoms with Crippen molar-refractivity contribution in [2.24, 2.45) is 5.92 Å². The van der Waals surface area contributed by atoms with E-state index in [1.807, 2.05) is 0 Å². The van der Waals surface area contributed by atoms with Crippen molar-refractivity contribution < 1.29 is 14.9 Å². The summed E-state index contributed by atoms with van der Waals surface area (Å²) >= 11 is 0. The molecule has 5 aliphatic rings. The Kier molecular flexibility index (Phi) is 4.91. The van der Waals surface area contributed by atoms with Gasteiger partial charge in [0, 0.05) is 42.0 Å². The Balaban J connectivity index is 0.00000235. The highest BCUT2D eigenvalue weighted by Gasteiger charge is 2.73. The van der Waals surface area contributed by atoms with Crippen molar-refractivity contribution in [2.75, 3.05) is 13.1 Å². The molecule has 9 rings (SSSR count). The van der Waals surface area contributed by atoms with Gasteiger partial charge in [-0.15, -0.1) is 12.4 Å². The lowest BCUT2D eigenvalue weighted by Crippen LogP contribution is -2.74. The summed E-state index contributed by atoms with van der Waals surface area (Å²) in [6.07, 6.45) is 4.55. The minimum atomic E-state index is -0.953. The third-order valence-corrected chi connectivity index (χ3v) is 10.5. The highest BCUT2D eigenvalue weighted by atomic mass is 35.5. The lowest BCUT2D eigenvalue weighted by molar-refractivity contribution is -0.173. The summed E-state index contributed by atoms with van der Waals surface area (Å²) in [5.74, 6) is 1.57. The van der Waals surface area contributed by atoms with Gasteiger partial charge in [-0.05, 0) is 67.0 Å². The van der Waals surface area contributed by atoms with Gasteiger partial charge in [-0.2, -0.15) is 0 Å². The first-order valence-corrected chi connectivity index (χ1v) is 14.2. The average molecular weight is 541 g/mol. The van der Waals surface area contributed by atoms with Gasteiger partial charge < -0.3 is 19.5 Å². The van der Waals surface area contributed by atoms with Crippen LogP contribution in [0.15, 0.2) is 66.7 Å². The number of hydrogen-bond donors (Lipinski definition) is 2. The number of hydrogen-bond acceptors (Lipinski definition) is 4. The lowest BCUT2D eigenvalue weighted by atomic mass is 9.49. The van der Waals surface area contributed by atoms with Crippen molar-refractivity contribution in [3.63, 3.8) is 0 Å². The molecule has 5 nitrogen and oxygen atoms in total. The summed E-state index contributed by atoms with van der Waals surface area (Å²) in [6, 6.07) is 23.2. The molecule has 2 N–H and O–H groups in total. The van der Waals surface area contributed by atoms with Crippen molar-refractivity contribution in [1.82, 2.24) is 9.47 Å². The van der Waals surface area contributed by atoms with Crippen LogP contribution in [0.2, 0.25) is 0 Å². The molecule has 200 valence electrons. The number of benzene rings is 3. The number of fused-ring (bicyclic) bond motifs is 4. The molecular formula is C33H33ClN2O3. The number of aliphatic hydroxyl groups is 1. The van der Waals surface area contributed by atoms with E-state index < -0.39 is 11.0 Å². The summed E-state index contributed by atoms with van der Waals surface area (Å²) in [5, 5.41) is 25.3. The normalized spacial score (nSPS) is 29.9. The van der Waals surface area contributed by atoms with Crippen LogP contribution in [0.5, 0.6) is 11.5 Å². The predicted octanol–water partition coefficient (Wildman–Crippen LogP) is 5.52. The Morgan fingerprint density at radius 1 is 0.974 bits per heavy atom. The molecule has 1 spiro atoms. The van der Waals surface area contributed by atoms with E-state index in [-0.39, 0.29) is 30.3 Å². The van der Waals surface area contributed by atoms with Crippen LogP contribution < -0.4 is 4.74 Å². The quantitative estimate of drug-likeness (QED) is 0.358. The van der Waals surface area contributed by atoms with Gasteiger partial charge in [0.2, 0.25) is 0 Å². The zero-order valence-electron chi connectivity index (χ0n) is 21.8. The maximum atomic E-state index is 13.1. The Labute approximate surface area is 234 Å². The second-order valence-electron chi connectivity index (χ2n) is 12.4. The number of phenols is 1. The van der Waals surface area contributed by atoms with Crippen LogP contribution in [0.25, 0.3) is 10.9 Å². The zero-order chi connectivity index (χ0) is 25.2. The first-order chi connectivity index (χ1) is 18.6. The highest BCUT2D eigenvalue weighted by molar-refractivity contribution is 5.87. The van der Waals surface area contributed by atoms with E-state index in [4.69, 9.17) is 4.74 Å². The number of halogens is 1. The topological polar surface area (TPSA) is 57.9 Å². The monoisotopic (exact) mass is 540 g/mol. The Morgan fingerprint density at radius 2 is 1.77 bits per heavy atom. The molecule has 39 heavy (non-hydrogen) atoms. The number of aromatic nitrogens is 1. The SMILES string of the molecule is Cl.Oc1ccc2c3c1O[C@H]1c4c(c5ccccc5n4Cc4ccccc4)C[C@@]4(O)C(C2)N(CC2CC2)CC[C@]314. The average Bonchev–Trinajstić information content (AvgIpc) is 3.61. The number of para-hydroxylation sites is 1. The van der Waals surface area contributed by atoms with Crippen LogP contribution in [0.4, 0.5) is 0 Å². The van der Waals surface area contributed by atoms with Gasteiger partial charge in [0.1, 0.15) is 0 Å². The van der Waals surface area contributed by atoms with Crippen LogP contribution in [0.1, 0.15) is 53.3 Å². The molecule has 6 heteroatoms. The minimum absolute atomic E-state index is 0. The molecule has 4 aromatic rings. The van der Waals surface area contributed by atoms with Crippen molar-refractivity contribution in [1.29, 1.82) is 0 Å². The van der Waals surface area contributed by atoms with Crippen molar-refractivity contribution in [3.05, 3.63) is 94.7 Å². The summed E-state index contributed by atoms with van der Waals surface area (Å²) < 4.78 is 9.32. The lowest BCUT2D eigenvalue weighted by Gasteiger charge is -2.63. The maximum absolute atomic E-state index is 13.1. The van der Waals surface area contributed by atoms with Crippen LogP contribution in [0.3, 0.4) is 0 Å². The van der Waals surface area contributed by atoms with E-state index in [0.717, 1.165) is 44.0 Å². The van der Waals surface area contributed by atoms with Crippen LogP contribution in [0, 0.1) is 5.92 Å². The second kappa shape index (κ2) is 8.03. The van der Waals surface area contributed by atoms with E-state index >= 15 is 0 Å². The van der Waals surface area contributed by atoms with Gasteiger partial charge in [-0.3, -0.25) is 4.90 Å². The number of likely N-dealkylation sites (tertiary alicyclic amines) is 1. The Morgan fingerprint density at radius 3 is 2.59 bits per heavy atom. The molecule has 3 heterocycles. The van der Waals surface area contributed by atoms with Crippen molar-refractivity contribution in [3.8, 4) is 11.5 Å². The van der Waals surface area contributed by atoms with Gasteiger partial charge >= 0.3 is 0 Å². The Bertz CT molecular complexity index is 1630. The van der Waals surface area contributed by atoms with Crippen LogP contribution >= 0.6 is 12.4 Å². The highest BCUT2D eigenvalue weighted by Crippen LogP contribution is 2.69. The molecule has 0 amide bonds. The van der Waals surface area contributed by atoms with Crippen molar-refractivity contribution in [2.45, 2.75) is 61.8 Å². The molecule has 4 atom stereocenters. The first-order valence-electron chi connectivity index (χ1n) is 14.2. The summed E-state index contributed by atoms with van der Waals surface area (Å²) in [5.41, 5.74) is 5.63. The molecule has 1 aromatic heterocycles. The van der Waals surface area contributed by atoms with Gasteiger partial charge in [0.15, 0.2) is 17.6 Å². The summed E-state index contributed by atoms with van der Waals surface area (Å²) in [4.78, 5) is 2.60. The predicted molar refractivity (Wildman–Crippen MR) is 153 cm³/mol. The molecule has 1 saturated carbocycles. The maximum Gasteiger partial charge on any atom is 0.166 e. The fourth-order valence-corrected chi connectivity index (χ4v) is 8.74. The number of aromatic hydroxyl groups is 1. The number of nitrogens with zero attached hydrogens (tertiary/aromatic N) is 2. The second-order valence-corrected chi connectivity index (χ2v) is 12.4. The fraction of sp³-hybridized carbons (Fsp3) is 0.394. The van der Waals surface area contributed by atoms with E-state index in [0.29, 0.717) is 12.2 Å². The van der Waals surface area contributed by atoms with Gasteiger partial charge in [-0.25, -0.2) is 0 Å². The van der Waals surface area contributed by atoms with Crippen LogP contribution in [-0.4, -0.2) is 44.4 Å². The number of piperidine rings is 1. The number of rotatable bonds is 4. The first kappa shape index (κ1) is 23.9. The van der Waals surface area contributed by atoms with E-state index in [2.05, 4.69) is 70.1 Å². The molecule has 0 radical (unpaired) electrons. The molecule has 3 aliphatic carbocycles. The van der Waals surface area contributed by atoms with E-state index in [9.17, 15) is 10.2 Å². The standard InChI is InChI=1S/C33H32N2O3.ClH/c36-26-13-12-22-16-27-33(37)17-24-23-8-4-5-9-25(23)35(19-20-6-2-1-3-7-20)29(24)31-32(33,28(22)30(26)38-31)14-15-34(27)18-21-10-11-21;/h1-9,12-13,21,27,31,36-37H,10-11,14-19H2;1H/t27?,31-,32-,33+;/m0./s1. The van der Waals surface area contributed by atoms with Crippen molar-refractivity contribution >= 4 is 23.3 Å². The Hall–Kier alpha value is -2.99. The van der Waals surface area contributed by atoms with E-state index in [1.165, 1.54) is 46.1 Å². The third-order valence-electron chi connectivity index (χ3n) is 10.5. The molecule has 1 unspecified atom stereocenters. The van der Waals surface area contributed by atoms with Gasteiger partial charge in [-0.1, -0.05) is 54.6 Å². The van der Waals surface area contributed by atoms with Crippen LogP contribution in [-0.2, 0) is 24.8 Å². The van der Waals surface area contributed by atoms with Gasteiger partial charge in [0.05, 0.1) is 16.7 Å².